The fourth-order valence-corrected chi connectivity index (χ4v) is 4.70. The number of hydrogen-bond donors (Lipinski definition) is 1. The van der Waals surface area contributed by atoms with Crippen molar-refractivity contribution in [2.75, 3.05) is 6.54 Å². The average Bonchev–Trinajstić information content (AvgIpc) is 2.85. The highest BCUT2D eigenvalue weighted by Crippen LogP contribution is 2.42. The predicted octanol–water partition coefficient (Wildman–Crippen LogP) is 5.87. The van der Waals surface area contributed by atoms with E-state index in [2.05, 4.69) is 63.9 Å². The molecule has 1 aliphatic carbocycles. The molecule has 1 unspecified atom stereocenters. The van der Waals surface area contributed by atoms with Crippen LogP contribution in [0.25, 0.3) is 0 Å². The molecule has 0 spiro atoms. The number of benzene rings is 1. The van der Waals surface area contributed by atoms with Crippen LogP contribution in [0.3, 0.4) is 0 Å². The van der Waals surface area contributed by atoms with Crippen molar-refractivity contribution in [3.63, 3.8) is 0 Å². The Balaban J connectivity index is 1.98. The van der Waals surface area contributed by atoms with Gasteiger partial charge in [-0.25, -0.2) is 0 Å². The zero-order valence-electron chi connectivity index (χ0n) is 12.4. The van der Waals surface area contributed by atoms with E-state index < -0.39 is 0 Å². The van der Waals surface area contributed by atoms with Gasteiger partial charge < -0.3 is 5.32 Å². The molecule has 0 radical (unpaired) electrons. The summed E-state index contributed by atoms with van der Waals surface area (Å²) in [6.45, 7) is 3.28. The third kappa shape index (κ3) is 3.25. The Hall–Kier alpha value is -0.640. The molecule has 1 aromatic carbocycles. The van der Waals surface area contributed by atoms with Crippen LogP contribution in [0.1, 0.15) is 60.6 Å². The number of thiophene rings is 1. The molecule has 2 aromatic rings. The summed E-state index contributed by atoms with van der Waals surface area (Å²) in [5.74, 6) is 0.769. The molecule has 1 aliphatic rings. The molecule has 1 nitrogen and oxygen atoms in total. The van der Waals surface area contributed by atoms with Gasteiger partial charge in [-0.15, -0.1) is 11.3 Å². The highest BCUT2D eigenvalue weighted by atomic mass is 79.9. The predicted molar refractivity (Wildman–Crippen MR) is 95.2 cm³/mol. The van der Waals surface area contributed by atoms with Crippen LogP contribution in [0.4, 0.5) is 0 Å². The van der Waals surface area contributed by atoms with E-state index in [1.807, 2.05) is 11.3 Å². The van der Waals surface area contributed by atoms with Gasteiger partial charge in [0.05, 0.1) is 6.04 Å². The lowest BCUT2D eigenvalue weighted by molar-refractivity contribution is 0.414. The van der Waals surface area contributed by atoms with Crippen molar-refractivity contribution < 1.29 is 0 Å². The van der Waals surface area contributed by atoms with Crippen LogP contribution < -0.4 is 5.32 Å². The molecule has 112 valence electrons. The quantitative estimate of drug-likeness (QED) is 0.676. The van der Waals surface area contributed by atoms with E-state index in [0.717, 1.165) is 18.9 Å². The molecule has 1 N–H and O–H groups in total. The summed E-state index contributed by atoms with van der Waals surface area (Å²) in [5.41, 5.74) is 3.02. The second-order valence-electron chi connectivity index (χ2n) is 5.78. The first-order valence-corrected chi connectivity index (χ1v) is 9.53. The van der Waals surface area contributed by atoms with E-state index in [1.165, 1.54) is 34.2 Å². The van der Waals surface area contributed by atoms with Crippen LogP contribution in [0.2, 0.25) is 0 Å². The molecule has 0 aliphatic heterocycles. The molecule has 0 saturated heterocycles. The molecule has 3 heteroatoms. The van der Waals surface area contributed by atoms with Gasteiger partial charge >= 0.3 is 0 Å². The molecule has 3 rings (SSSR count). The maximum atomic E-state index is 3.75. The van der Waals surface area contributed by atoms with Crippen molar-refractivity contribution in [3.8, 4) is 0 Å². The van der Waals surface area contributed by atoms with Crippen LogP contribution in [-0.4, -0.2) is 6.54 Å². The Morgan fingerprint density at radius 1 is 1.29 bits per heavy atom. The van der Waals surface area contributed by atoms with Crippen molar-refractivity contribution in [2.45, 2.75) is 44.6 Å². The van der Waals surface area contributed by atoms with Gasteiger partial charge in [-0.2, -0.15) is 0 Å². The molecule has 1 atom stereocenters. The van der Waals surface area contributed by atoms with Crippen LogP contribution in [0, 0.1) is 0 Å². The van der Waals surface area contributed by atoms with E-state index in [4.69, 9.17) is 0 Å². The monoisotopic (exact) mass is 363 g/mol. The zero-order valence-corrected chi connectivity index (χ0v) is 14.8. The molecule has 1 saturated carbocycles. The highest BCUT2D eigenvalue weighted by molar-refractivity contribution is 9.10. The van der Waals surface area contributed by atoms with Gasteiger partial charge in [-0.3, -0.25) is 0 Å². The second-order valence-corrected chi connectivity index (χ2v) is 7.58. The molecular formula is C18H22BrNS. The first-order valence-electron chi connectivity index (χ1n) is 7.86. The topological polar surface area (TPSA) is 12.0 Å². The van der Waals surface area contributed by atoms with Crippen LogP contribution >= 0.6 is 27.3 Å². The van der Waals surface area contributed by atoms with Crippen molar-refractivity contribution in [3.05, 3.63) is 56.2 Å². The zero-order chi connectivity index (χ0) is 14.7. The number of hydrogen-bond acceptors (Lipinski definition) is 2. The summed E-state index contributed by atoms with van der Waals surface area (Å²) in [6.07, 6.45) is 5.24. The van der Waals surface area contributed by atoms with Crippen molar-refractivity contribution in [1.82, 2.24) is 5.32 Å². The Morgan fingerprint density at radius 2 is 2.10 bits per heavy atom. The standard InChI is InChI=1S/C18H22BrNS/c1-2-11-20-17(18-16(19)10-12-21-18)15-9-4-3-8-14(15)13-6-5-7-13/h3-4,8-10,12-13,17,20H,2,5-7,11H2,1H3. The molecule has 0 amide bonds. The molecule has 21 heavy (non-hydrogen) atoms. The van der Waals surface area contributed by atoms with Crippen molar-refractivity contribution in [1.29, 1.82) is 0 Å². The number of halogens is 1. The first-order chi connectivity index (χ1) is 10.3. The Labute approximate surface area is 139 Å². The van der Waals surface area contributed by atoms with Gasteiger partial charge in [-0.1, -0.05) is 37.6 Å². The summed E-state index contributed by atoms with van der Waals surface area (Å²) >= 11 is 5.56. The summed E-state index contributed by atoms with van der Waals surface area (Å²) in [5, 5.41) is 5.93. The normalized spacial score (nSPS) is 16.7. The van der Waals surface area contributed by atoms with Gasteiger partial charge in [0.25, 0.3) is 0 Å². The number of nitrogens with one attached hydrogen (secondary N) is 1. The molecule has 1 fully saturated rings. The summed E-state index contributed by atoms with van der Waals surface area (Å²) < 4.78 is 1.23. The van der Waals surface area contributed by atoms with E-state index >= 15 is 0 Å². The lowest BCUT2D eigenvalue weighted by atomic mass is 9.77. The maximum absolute atomic E-state index is 3.75. The third-order valence-electron chi connectivity index (χ3n) is 4.36. The Morgan fingerprint density at radius 3 is 2.71 bits per heavy atom. The highest BCUT2D eigenvalue weighted by Gasteiger charge is 2.26. The van der Waals surface area contributed by atoms with E-state index in [1.54, 1.807) is 5.56 Å². The molecule has 1 aromatic heterocycles. The Bertz CT molecular complexity index is 588. The largest absolute Gasteiger partial charge is 0.306 e. The molecule has 1 heterocycles. The maximum Gasteiger partial charge on any atom is 0.0685 e. The summed E-state index contributed by atoms with van der Waals surface area (Å²) in [4.78, 5) is 1.40. The molecule has 0 bridgehead atoms. The fourth-order valence-electron chi connectivity index (χ4n) is 3.01. The first kappa shape index (κ1) is 15.3. The van der Waals surface area contributed by atoms with Crippen LogP contribution in [0.15, 0.2) is 40.2 Å². The minimum Gasteiger partial charge on any atom is -0.306 e. The number of rotatable bonds is 6. The fraction of sp³-hybridized carbons (Fsp3) is 0.444. The van der Waals surface area contributed by atoms with Gasteiger partial charge in [0.15, 0.2) is 0 Å². The average molecular weight is 364 g/mol. The van der Waals surface area contributed by atoms with E-state index in [0.29, 0.717) is 6.04 Å². The summed E-state index contributed by atoms with van der Waals surface area (Å²) in [7, 11) is 0. The van der Waals surface area contributed by atoms with Gasteiger partial charge in [0.2, 0.25) is 0 Å². The Kier molecular flexibility index (Phi) is 5.15. The second kappa shape index (κ2) is 7.08. The van der Waals surface area contributed by atoms with E-state index in [9.17, 15) is 0 Å². The lowest BCUT2D eigenvalue weighted by Gasteiger charge is -2.31. The third-order valence-corrected chi connectivity index (χ3v) is 6.29. The van der Waals surface area contributed by atoms with Crippen molar-refractivity contribution in [2.24, 2.45) is 0 Å². The lowest BCUT2D eigenvalue weighted by Crippen LogP contribution is -2.25. The van der Waals surface area contributed by atoms with Gasteiger partial charge in [-0.05, 0) is 70.2 Å². The van der Waals surface area contributed by atoms with Gasteiger partial charge in [0, 0.05) is 9.35 Å². The van der Waals surface area contributed by atoms with Crippen LogP contribution in [-0.2, 0) is 0 Å². The van der Waals surface area contributed by atoms with E-state index in [-0.39, 0.29) is 0 Å². The molecular weight excluding hydrogens is 342 g/mol. The minimum atomic E-state index is 0.316. The summed E-state index contributed by atoms with van der Waals surface area (Å²) in [6, 6.07) is 11.5. The smallest absolute Gasteiger partial charge is 0.0685 e. The van der Waals surface area contributed by atoms with Crippen molar-refractivity contribution >= 4 is 27.3 Å². The van der Waals surface area contributed by atoms with Crippen LogP contribution in [0.5, 0.6) is 0 Å². The SMILES string of the molecule is CCCNC(c1ccccc1C1CCC1)c1sccc1Br. The van der Waals surface area contributed by atoms with Gasteiger partial charge in [0.1, 0.15) is 0 Å². The minimum absolute atomic E-state index is 0.316.